The zero-order chi connectivity index (χ0) is 20.5. The van der Waals surface area contributed by atoms with Gasteiger partial charge in [0.2, 0.25) is 5.95 Å². The maximum absolute atomic E-state index is 5.02. The van der Waals surface area contributed by atoms with Gasteiger partial charge in [-0.2, -0.15) is 0 Å². The van der Waals surface area contributed by atoms with Crippen LogP contribution in [0.5, 0.6) is 0 Å². The van der Waals surface area contributed by atoms with Crippen LogP contribution in [0.4, 0.5) is 11.6 Å². The van der Waals surface area contributed by atoms with E-state index in [4.69, 9.17) is 9.97 Å². The molecule has 3 aromatic carbocycles. The zero-order valence-corrected chi connectivity index (χ0v) is 17.5. The van der Waals surface area contributed by atoms with E-state index in [1.54, 1.807) is 0 Å². The van der Waals surface area contributed by atoms with Gasteiger partial charge in [-0.05, 0) is 37.1 Å². The van der Waals surface area contributed by atoms with Gasteiger partial charge in [0.05, 0.1) is 11.2 Å². The van der Waals surface area contributed by atoms with Gasteiger partial charge in [0.25, 0.3) is 0 Å². The molecule has 1 fully saturated rings. The van der Waals surface area contributed by atoms with Crippen LogP contribution in [-0.2, 0) is 0 Å². The van der Waals surface area contributed by atoms with Gasteiger partial charge in [-0.15, -0.1) is 0 Å². The number of para-hydroxylation sites is 1. The Kier molecular flexibility index (Phi) is 4.83. The van der Waals surface area contributed by atoms with Crippen LogP contribution in [0.15, 0.2) is 72.8 Å². The monoisotopic (exact) mass is 394 g/mol. The first-order valence-corrected chi connectivity index (χ1v) is 10.6. The SMILES string of the molecule is Cc1ccc(C)c(N2CCN(c3nc(-c4ccccc4)c4ccccc4n3)CC2)c1. The molecule has 0 N–H and O–H groups in total. The van der Waals surface area contributed by atoms with Crippen molar-refractivity contribution in [3.8, 4) is 11.3 Å². The summed E-state index contributed by atoms with van der Waals surface area (Å²) >= 11 is 0. The first-order valence-electron chi connectivity index (χ1n) is 10.6. The van der Waals surface area contributed by atoms with Crippen molar-refractivity contribution in [2.45, 2.75) is 13.8 Å². The van der Waals surface area contributed by atoms with E-state index in [9.17, 15) is 0 Å². The number of aromatic nitrogens is 2. The molecule has 0 radical (unpaired) electrons. The number of rotatable bonds is 3. The highest BCUT2D eigenvalue weighted by molar-refractivity contribution is 5.93. The molecule has 1 aromatic heterocycles. The average molecular weight is 395 g/mol. The molecule has 4 heteroatoms. The van der Waals surface area contributed by atoms with Gasteiger partial charge in [-0.1, -0.05) is 60.7 Å². The Hall–Kier alpha value is -3.40. The molecule has 1 saturated heterocycles. The molecule has 4 aromatic rings. The Labute approximate surface area is 177 Å². The molecule has 0 saturated carbocycles. The summed E-state index contributed by atoms with van der Waals surface area (Å²) in [5.74, 6) is 0.827. The van der Waals surface area contributed by atoms with Crippen LogP contribution in [0.25, 0.3) is 22.2 Å². The molecule has 2 heterocycles. The number of piperazine rings is 1. The summed E-state index contributed by atoms with van der Waals surface area (Å²) in [6.07, 6.45) is 0. The summed E-state index contributed by atoms with van der Waals surface area (Å²) in [5, 5.41) is 1.10. The number of aryl methyl sites for hydroxylation is 2. The third-order valence-corrected chi connectivity index (χ3v) is 5.91. The van der Waals surface area contributed by atoms with E-state index in [0.29, 0.717) is 0 Å². The Morgan fingerprint density at radius 3 is 2.20 bits per heavy atom. The second-order valence-electron chi connectivity index (χ2n) is 8.02. The highest BCUT2D eigenvalue weighted by Crippen LogP contribution is 2.29. The van der Waals surface area contributed by atoms with Crippen molar-refractivity contribution in [3.63, 3.8) is 0 Å². The molecule has 30 heavy (non-hydrogen) atoms. The van der Waals surface area contributed by atoms with Crippen molar-refractivity contribution in [2.75, 3.05) is 36.0 Å². The smallest absolute Gasteiger partial charge is 0.226 e. The first kappa shape index (κ1) is 18.6. The molecule has 0 atom stereocenters. The fourth-order valence-corrected chi connectivity index (χ4v) is 4.23. The summed E-state index contributed by atoms with van der Waals surface area (Å²) in [6.45, 7) is 8.13. The van der Waals surface area contributed by atoms with Crippen LogP contribution in [0.3, 0.4) is 0 Å². The van der Waals surface area contributed by atoms with Gasteiger partial charge in [0.1, 0.15) is 0 Å². The second-order valence-corrected chi connectivity index (χ2v) is 8.02. The lowest BCUT2D eigenvalue weighted by molar-refractivity contribution is 0.640. The maximum Gasteiger partial charge on any atom is 0.226 e. The molecule has 1 aliphatic heterocycles. The van der Waals surface area contributed by atoms with E-state index in [-0.39, 0.29) is 0 Å². The molecule has 4 nitrogen and oxygen atoms in total. The number of anilines is 2. The number of hydrogen-bond acceptors (Lipinski definition) is 4. The van der Waals surface area contributed by atoms with E-state index >= 15 is 0 Å². The van der Waals surface area contributed by atoms with Crippen LogP contribution in [-0.4, -0.2) is 36.1 Å². The van der Waals surface area contributed by atoms with Crippen molar-refractivity contribution >= 4 is 22.5 Å². The van der Waals surface area contributed by atoms with E-state index in [1.165, 1.54) is 16.8 Å². The number of fused-ring (bicyclic) bond motifs is 1. The van der Waals surface area contributed by atoms with E-state index in [2.05, 4.69) is 84.3 Å². The second kappa shape index (κ2) is 7.79. The molecular weight excluding hydrogens is 368 g/mol. The van der Waals surface area contributed by atoms with Crippen LogP contribution in [0, 0.1) is 13.8 Å². The lowest BCUT2D eigenvalue weighted by atomic mass is 10.1. The lowest BCUT2D eigenvalue weighted by Crippen LogP contribution is -2.47. The van der Waals surface area contributed by atoms with Gasteiger partial charge in [-0.25, -0.2) is 9.97 Å². The van der Waals surface area contributed by atoms with Gasteiger partial charge >= 0.3 is 0 Å². The first-order chi connectivity index (χ1) is 14.7. The summed E-state index contributed by atoms with van der Waals surface area (Å²) < 4.78 is 0. The molecule has 0 bridgehead atoms. The minimum atomic E-state index is 0.827. The summed E-state index contributed by atoms with van der Waals surface area (Å²) in [6, 6.07) is 25.4. The Bertz CT molecular complexity index is 1180. The van der Waals surface area contributed by atoms with Gasteiger partial charge in [0.15, 0.2) is 0 Å². The highest BCUT2D eigenvalue weighted by Gasteiger charge is 2.22. The molecular formula is C26H26N4. The van der Waals surface area contributed by atoms with Crippen molar-refractivity contribution in [1.82, 2.24) is 9.97 Å². The summed E-state index contributed by atoms with van der Waals surface area (Å²) in [4.78, 5) is 14.7. The largest absolute Gasteiger partial charge is 0.368 e. The zero-order valence-electron chi connectivity index (χ0n) is 17.5. The molecule has 0 spiro atoms. The van der Waals surface area contributed by atoms with Crippen LogP contribution in [0.2, 0.25) is 0 Å². The molecule has 0 amide bonds. The standard InChI is InChI=1S/C26H26N4/c1-19-12-13-20(2)24(18-19)29-14-16-30(17-15-29)26-27-23-11-7-6-10-22(23)25(28-26)21-8-4-3-5-9-21/h3-13,18H,14-17H2,1-2H3. The van der Waals surface area contributed by atoms with Crippen LogP contribution < -0.4 is 9.80 Å². The normalized spacial score (nSPS) is 14.3. The van der Waals surface area contributed by atoms with Crippen LogP contribution in [0.1, 0.15) is 11.1 Å². The molecule has 150 valence electrons. The van der Waals surface area contributed by atoms with Gasteiger partial charge < -0.3 is 9.80 Å². The average Bonchev–Trinajstić information content (AvgIpc) is 2.80. The van der Waals surface area contributed by atoms with E-state index in [1.807, 2.05) is 12.1 Å². The Morgan fingerprint density at radius 2 is 1.40 bits per heavy atom. The molecule has 1 aliphatic rings. The van der Waals surface area contributed by atoms with Crippen molar-refractivity contribution < 1.29 is 0 Å². The maximum atomic E-state index is 5.02. The highest BCUT2D eigenvalue weighted by atomic mass is 15.3. The Morgan fingerprint density at radius 1 is 0.700 bits per heavy atom. The minimum absolute atomic E-state index is 0.827. The minimum Gasteiger partial charge on any atom is -0.368 e. The van der Waals surface area contributed by atoms with Crippen molar-refractivity contribution in [2.24, 2.45) is 0 Å². The van der Waals surface area contributed by atoms with Crippen LogP contribution >= 0.6 is 0 Å². The summed E-state index contributed by atoms with van der Waals surface area (Å²) in [5.41, 5.74) is 7.13. The van der Waals surface area contributed by atoms with E-state index < -0.39 is 0 Å². The summed E-state index contributed by atoms with van der Waals surface area (Å²) in [7, 11) is 0. The van der Waals surface area contributed by atoms with E-state index in [0.717, 1.165) is 54.3 Å². The molecule has 0 unspecified atom stereocenters. The number of nitrogens with zero attached hydrogens (tertiary/aromatic N) is 4. The quantitative estimate of drug-likeness (QED) is 0.476. The third-order valence-electron chi connectivity index (χ3n) is 5.91. The fraction of sp³-hybridized carbons (Fsp3) is 0.231. The van der Waals surface area contributed by atoms with Gasteiger partial charge in [0, 0.05) is 42.8 Å². The predicted octanol–water partition coefficient (Wildman–Crippen LogP) is 5.24. The number of hydrogen-bond donors (Lipinski definition) is 0. The van der Waals surface area contributed by atoms with Gasteiger partial charge in [-0.3, -0.25) is 0 Å². The molecule has 5 rings (SSSR count). The predicted molar refractivity (Wildman–Crippen MR) is 125 cm³/mol. The third kappa shape index (κ3) is 3.50. The molecule has 0 aliphatic carbocycles. The lowest BCUT2D eigenvalue weighted by Gasteiger charge is -2.37. The Balaban J connectivity index is 1.46. The fourth-order valence-electron chi connectivity index (χ4n) is 4.23. The topological polar surface area (TPSA) is 32.3 Å². The number of benzene rings is 3. The van der Waals surface area contributed by atoms with Crippen molar-refractivity contribution in [3.05, 3.63) is 83.9 Å². The van der Waals surface area contributed by atoms with Crippen molar-refractivity contribution in [1.29, 1.82) is 0 Å².